The first-order valence-corrected chi connectivity index (χ1v) is 28.2. The molecule has 1 N–H and O–H groups in total. The number of carbonyl (C=O) groups is 6. The van der Waals surface area contributed by atoms with E-state index in [0.29, 0.717) is 19.0 Å². The second-order valence-corrected chi connectivity index (χ2v) is 23.6. The topological polar surface area (TPSA) is 243 Å². The Labute approximate surface area is 483 Å². The molecule has 2 aromatic heterocycles. The van der Waals surface area contributed by atoms with Crippen molar-refractivity contribution in [3.05, 3.63) is 118 Å². The third kappa shape index (κ3) is 11.4. The number of likely N-dealkylation sites (tertiary alicyclic amines) is 1. The van der Waals surface area contributed by atoms with Gasteiger partial charge >= 0.3 is 23.8 Å². The second kappa shape index (κ2) is 23.3. The Bertz CT molecular complexity index is 3280. The number of ether oxygens (including phenoxy) is 8. The van der Waals surface area contributed by atoms with E-state index in [-0.39, 0.29) is 98.8 Å². The van der Waals surface area contributed by atoms with Gasteiger partial charge in [0.2, 0.25) is 5.78 Å². The molecule has 0 unspecified atom stereocenters. The number of Topliss-reactive ketones (excluding diaryl/α,β-unsaturated/α-hetero) is 2. The fraction of sp³-hybridized carbons (Fsp3) is 0.525. The lowest BCUT2D eigenvalue weighted by Gasteiger charge is -2.50. The maximum atomic E-state index is 16.0. The third-order valence-electron chi connectivity index (χ3n) is 16.4. The Balaban J connectivity index is 1.25. The minimum Gasteiger partial charge on any atom is -0.458 e. The van der Waals surface area contributed by atoms with Gasteiger partial charge in [-0.05, 0) is 39.7 Å². The van der Waals surface area contributed by atoms with Crippen LogP contribution in [-0.2, 0) is 47.3 Å². The highest BCUT2D eigenvalue weighted by Gasteiger charge is 2.59. The van der Waals surface area contributed by atoms with E-state index in [0.717, 1.165) is 6.54 Å². The number of hydrogen-bond donors (Lipinski definition) is 1. The van der Waals surface area contributed by atoms with Gasteiger partial charge in [-0.2, -0.15) is 10.2 Å². The number of benzene rings is 1. The van der Waals surface area contributed by atoms with E-state index in [1.807, 2.05) is 47.6 Å². The Morgan fingerprint density at radius 1 is 0.880 bits per heavy atom. The summed E-state index contributed by atoms with van der Waals surface area (Å²) in [6.45, 7) is 25.5. The summed E-state index contributed by atoms with van der Waals surface area (Å²) < 4.78 is 53.9. The predicted octanol–water partition coefficient (Wildman–Crippen LogP) is 7.72. The highest BCUT2D eigenvalue weighted by Crippen LogP contribution is 2.53. The largest absolute Gasteiger partial charge is 0.458 e. The van der Waals surface area contributed by atoms with Gasteiger partial charge in [0.25, 0.3) is 11.7 Å². The summed E-state index contributed by atoms with van der Waals surface area (Å²) in [5.41, 5.74) is -2.00. The number of methoxy groups -OCH3 is 1. The molecule has 1 spiro atoms. The Kier molecular flexibility index (Phi) is 16.8. The average Bonchev–Trinajstić information content (AvgIpc) is 1.80. The predicted molar refractivity (Wildman–Crippen MR) is 302 cm³/mol. The molecule has 7 aliphatic rings. The lowest BCUT2D eigenvalue weighted by molar-refractivity contribution is -0.336. The fourth-order valence-corrected chi connectivity index (χ4v) is 12.3. The number of rotatable bonds is 9. The van der Waals surface area contributed by atoms with Gasteiger partial charge in [-0.15, -0.1) is 0 Å². The molecule has 0 saturated carbocycles. The lowest BCUT2D eigenvalue weighted by atomic mass is 9.77. The van der Waals surface area contributed by atoms with E-state index in [9.17, 15) is 19.2 Å². The highest BCUT2D eigenvalue weighted by molar-refractivity contribution is 6.35. The van der Waals surface area contributed by atoms with E-state index >= 15 is 9.59 Å². The summed E-state index contributed by atoms with van der Waals surface area (Å²) in [7, 11) is 4.82. The van der Waals surface area contributed by atoms with Crippen molar-refractivity contribution in [3.63, 3.8) is 0 Å². The number of aliphatic imine (C=N–C) groups is 1. The number of hydrogen-bond acceptors (Lipinski definition) is 18. The zero-order valence-corrected chi connectivity index (χ0v) is 49.8. The van der Waals surface area contributed by atoms with Crippen molar-refractivity contribution in [1.82, 2.24) is 34.7 Å². The number of allylic oxidation sites excluding steroid dienone is 4. The summed E-state index contributed by atoms with van der Waals surface area (Å²) in [4.78, 5) is 98.6. The van der Waals surface area contributed by atoms with Gasteiger partial charge in [-0.25, -0.2) is 19.3 Å². The molecule has 1 aromatic carbocycles. The average molecular weight is 1150 g/mol. The zero-order valence-electron chi connectivity index (χ0n) is 49.8. The van der Waals surface area contributed by atoms with Crippen LogP contribution in [0.4, 0.5) is 4.79 Å². The molecule has 22 heteroatoms. The maximum Gasteiger partial charge on any atom is 0.416 e. The number of fused-ring (bicyclic) bond motifs is 9. The van der Waals surface area contributed by atoms with Gasteiger partial charge in [0.15, 0.2) is 5.79 Å². The summed E-state index contributed by atoms with van der Waals surface area (Å²) >= 11 is 0. The van der Waals surface area contributed by atoms with Gasteiger partial charge in [0, 0.05) is 113 Å². The Morgan fingerprint density at radius 3 is 2.14 bits per heavy atom. The van der Waals surface area contributed by atoms with Crippen LogP contribution < -0.4 is 14.8 Å². The second-order valence-electron chi connectivity index (χ2n) is 23.6. The molecule has 2 amide bonds. The number of esters is 2. The zero-order chi connectivity index (χ0) is 60.2. The number of amides is 2. The molecular weight excluding hydrogens is 1070 g/mol. The van der Waals surface area contributed by atoms with Crippen molar-refractivity contribution in [1.29, 1.82) is 0 Å². The Hall–Kier alpha value is -7.53. The molecule has 10 rings (SSSR count). The first kappa shape index (κ1) is 60.1. The molecule has 22 nitrogen and oxygen atoms in total. The summed E-state index contributed by atoms with van der Waals surface area (Å²) in [6, 6.07) is 0. The van der Waals surface area contributed by atoms with Crippen LogP contribution in [-0.4, -0.2) is 146 Å². The van der Waals surface area contributed by atoms with E-state index in [4.69, 9.17) is 42.9 Å². The van der Waals surface area contributed by atoms with Crippen LogP contribution in [0, 0.1) is 36.5 Å². The van der Waals surface area contributed by atoms with Crippen molar-refractivity contribution >= 4 is 41.2 Å². The number of carbonyl (C=O) groups excluding carboxylic acids is 6. The smallest absolute Gasteiger partial charge is 0.416 e. The quantitative estimate of drug-likeness (QED) is 0.122. The normalized spacial score (nSPS) is 29.2. The van der Waals surface area contributed by atoms with Crippen LogP contribution in [0.25, 0.3) is 0 Å². The van der Waals surface area contributed by atoms with Gasteiger partial charge < -0.3 is 48.1 Å². The molecule has 8 heterocycles. The summed E-state index contributed by atoms with van der Waals surface area (Å²) in [5.74, 6) is -8.90. The lowest BCUT2D eigenvalue weighted by Crippen LogP contribution is -2.56. The van der Waals surface area contributed by atoms with Crippen molar-refractivity contribution < 1.29 is 66.7 Å². The van der Waals surface area contributed by atoms with Gasteiger partial charge in [-0.3, -0.25) is 28.7 Å². The fourth-order valence-electron chi connectivity index (χ4n) is 12.3. The van der Waals surface area contributed by atoms with Crippen LogP contribution in [0.2, 0.25) is 0 Å². The number of ketones is 2. The SMILES string of the molecule is C=CCOC(=O)N1C2=C3NC(=O)/C(C)=C\C=C\[C@H](C)[C@@H]4OC(C)(C)O[C@@H]([C@@H](C)[C@H](OC(=O)c5cnn(C)c5)[C@H](C)[C@@H](OC)/C=C/O[C@@]5(C)Oc6c(C)c(OC(=O)c7cnn(C)c7)c(c(c6C5=O)C2=NC12CCN(CC(C)C)CC2)C3=O)[C@@H]4C. The molecule has 7 bridgehead atoms. The van der Waals surface area contributed by atoms with E-state index in [1.54, 1.807) is 45.4 Å². The number of nitrogens with zero attached hydrogens (tertiary/aromatic N) is 7. The number of piperidine rings is 1. The van der Waals surface area contributed by atoms with Crippen LogP contribution in [0.15, 0.2) is 90.0 Å². The van der Waals surface area contributed by atoms with E-state index in [2.05, 4.69) is 40.8 Å². The summed E-state index contributed by atoms with van der Waals surface area (Å²) in [5, 5.41) is 11.2. The van der Waals surface area contributed by atoms with Crippen molar-refractivity contribution in [2.75, 3.05) is 33.4 Å². The van der Waals surface area contributed by atoms with Crippen molar-refractivity contribution in [3.8, 4) is 11.5 Å². The molecule has 9 atom stereocenters. The van der Waals surface area contributed by atoms with Crippen molar-refractivity contribution in [2.24, 2.45) is 48.7 Å². The maximum absolute atomic E-state index is 16.0. The van der Waals surface area contributed by atoms with E-state index in [1.165, 1.54) is 66.1 Å². The first-order chi connectivity index (χ1) is 39.2. The highest BCUT2D eigenvalue weighted by atomic mass is 16.7. The number of nitrogens with one attached hydrogen (secondary N) is 1. The minimum absolute atomic E-state index is 0.0275. The molecular formula is C61H76N8O14. The molecule has 2 saturated heterocycles. The summed E-state index contributed by atoms with van der Waals surface area (Å²) in [6.07, 6.45) is 12.2. The number of aromatic nitrogens is 4. The van der Waals surface area contributed by atoms with Gasteiger partial charge in [0.1, 0.15) is 41.3 Å². The molecule has 1 aliphatic carbocycles. The Morgan fingerprint density at radius 2 is 1.53 bits per heavy atom. The molecule has 3 aromatic rings. The standard InChI is InChI=1S/C61H76N8O14/c1-16-25-77-58(75)69-47-45(65-61(69)21-23-68(24-22-61)29-32(2)3)42-43-48(70)46(47)64-55(72)34(5)19-17-18-33(4)49-36(7)51(82-59(10,11)81-49)37(8)50(79-56(73)39-27-62-66(13)30-39)35(6)41(76-15)20-26-78-60(12)54(71)44(42)53(83-60)38(9)52(43)80-57(74)40-28-63-67(14)31-40/h16-20,26-28,30-33,35-37,41,49-51H,1,21-25,29H2,2-15H3,(H,64,72)/b18-17+,26-20+,34-19-/t33-,35+,36+,37-,41-,49-,50+,51+,60-/m0/s1. The van der Waals surface area contributed by atoms with Crippen LogP contribution in [0.1, 0.15) is 135 Å². The third-order valence-corrected chi connectivity index (χ3v) is 16.4. The molecule has 6 aliphatic heterocycles. The minimum atomic E-state index is -2.17. The van der Waals surface area contributed by atoms with Crippen LogP contribution >= 0.6 is 0 Å². The van der Waals surface area contributed by atoms with Crippen LogP contribution in [0.5, 0.6) is 11.5 Å². The van der Waals surface area contributed by atoms with E-state index < -0.39 is 89.0 Å². The monoisotopic (exact) mass is 1140 g/mol. The molecule has 444 valence electrons. The van der Waals surface area contributed by atoms with Gasteiger partial charge in [-0.1, -0.05) is 72.4 Å². The van der Waals surface area contributed by atoms with Gasteiger partial charge in [0.05, 0.1) is 64.9 Å². The molecule has 2 fully saturated rings. The first-order valence-electron chi connectivity index (χ1n) is 28.2. The van der Waals surface area contributed by atoms with Crippen LogP contribution in [0.3, 0.4) is 0 Å². The van der Waals surface area contributed by atoms with Crippen molar-refractivity contribution in [2.45, 2.75) is 131 Å². The molecule has 0 radical (unpaired) electrons. The molecule has 83 heavy (non-hydrogen) atoms. The number of aryl methyl sites for hydroxylation is 2.